The van der Waals surface area contributed by atoms with Gasteiger partial charge in [0.2, 0.25) is 0 Å². The van der Waals surface area contributed by atoms with Crippen LogP contribution in [-0.2, 0) is 19.3 Å². The molecule has 0 spiro atoms. The first-order valence-electron chi connectivity index (χ1n) is 14.2. The zero-order valence-electron chi connectivity index (χ0n) is 22.5. The highest BCUT2D eigenvalue weighted by atomic mass is 19.4. The predicted octanol–water partition coefficient (Wildman–Crippen LogP) is 7.49. The van der Waals surface area contributed by atoms with Crippen LogP contribution < -0.4 is 0 Å². The second-order valence-corrected chi connectivity index (χ2v) is 11.5. The van der Waals surface area contributed by atoms with E-state index in [0.717, 1.165) is 79.2 Å². The molecule has 0 unspecified atom stereocenters. The predicted molar refractivity (Wildman–Crippen MR) is 151 cm³/mol. The second kappa shape index (κ2) is 9.77. The third-order valence-corrected chi connectivity index (χ3v) is 8.53. The van der Waals surface area contributed by atoms with Gasteiger partial charge in [-0.05, 0) is 99.6 Å². The summed E-state index contributed by atoms with van der Waals surface area (Å²) in [4.78, 5) is 7.59. The molecule has 0 N–H and O–H groups in total. The van der Waals surface area contributed by atoms with Crippen LogP contribution in [0.5, 0.6) is 0 Å². The number of aryl methyl sites for hydroxylation is 1. The van der Waals surface area contributed by atoms with Crippen LogP contribution in [-0.4, -0.2) is 37.3 Å². The van der Waals surface area contributed by atoms with Gasteiger partial charge in [-0.25, -0.2) is 9.67 Å². The fourth-order valence-electron chi connectivity index (χ4n) is 6.19. The van der Waals surface area contributed by atoms with Gasteiger partial charge in [0.1, 0.15) is 5.82 Å². The van der Waals surface area contributed by atoms with Gasteiger partial charge in [-0.1, -0.05) is 24.3 Å². The van der Waals surface area contributed by atoms with E-state index < -0.39 is 11.7 Å². The van der Waals surface area contributed by atoms with Gasteiger partial charge in [-0.3, -0.25) is 4.90 Å². The summed E-state index contributed by atoms with van der Waals surface area (Å²) in [6.45, 7) is 5.87. The quantitative estimate of drug-likeness (QED) is 0.223. The largest absolute Gasteiger partial charge is 0.416 e. The summed E-state index contributed by atoms with van der Waals surface area (Å²) in [6.07, 6.45) is 0.435. The summed E-state index contributed by atoms with van der Waals surface area (Å²) in [5, 5.41) is 5.56. The van der Waals surface area contributed by atoms with Gasteiger partial charge in [0, 0.05) is 24.4 Å². The van der Waals surface area contributed by atoms with Gasteiger partial charge in [0.25, 0.3) is 0 Å². The molecule has 2 fully saturated rings. The minimum absolute atomic E-state index is 0.412. The first kappa shape index (κ1) is 25.3. The Hall–Kier alpha value is -3.65. The molecule has 3 heterocycles. The lowest BCUT2D eigenvalue weighted by atomic mass is 9.95. The highest BCUT2D eigenvalue weighted by Crippen LogP contribution is 2.36. The second-order valence-electron chi connectivity index (χ2n) is 11.5. The Kier molecular flexibility index (Phi) is 6.18. The van der Waals surface area contributed by atoms with Crippen molar-refractivity contribution in [3.63, 3.8) is 0 Å². The molecule has 2 aromatic heterocycles. The van der Waals surface area contributed by atoms with Crippen LogP contribution in [0, 0.1) is 12.8 Å². The number of benzene rings is 3. The lowest BCUT2D eigenvalue weighted by Crippen LogP contribution is -2.33. The van der Waals surface area contributed by atoms with Gasteiger partial charge in [0.05, 0.1) is 33.5 Å². The molecular formula is C32H32F3N5. The first-order valence-corrected chi connectivity index (χ1v) is 14.2. The Morgan fingerprint density at radius 2 is 1.68 bits per heavy atom. The minimum Gasteiger partial charge on any atom is -0.327 e. The zero-order chi connectivity index (χ0) is 27.4. The van der Waals surface area contributed by atoms with Crippen LogP contribution in [0.3, 0.4) is 0 Å². The molecule has 5 nitrogen and oxygen atoms in total. The number of halogens is 3. The van der Waals surface area contributed by atoms with Crippen molar-refractivity contribution >= 4 is 21.9 Å². The topological polar surface area (TPSA) is 38.9 Å². The van der Waals surface area contributed by atoms with Crippen molar-refractivity contribution in [2.75, 3.05) is 13.1 Å². The third-order valence-electron chi connectivity index (χ3n) is 8.53. The maximum Gasteiger partial charge on any atom is 0.416 e. The molecule has 7 rings (SSSR count). The molecule has 0 amide bonds. The molecule has 5 aromatic rings. The third kappa shape index (κ3) is 4.79. The normalized spacial score (nSPS) is 17.3. The van der Waals surface area contributed by atoms with Crippen LogP contribution in [0.1, 0.15) is 54.2 Å². The average Bonchev–Trinajstić information content (AvgIpc) is 3.62. The van der Waals surface area contributed by atoms with Gasteiger partial charge in [-0.2, -0.15) is 18.3 Å². The smallest absolute Gasteiger partial charge is 0.327 e. The zero-order valence-corrected chi connectivity index (χ0v) is 22.5. The van der Waals surface area contributed by atoms with Crippen LogP contribution in [0.15, 0.2) is 66.7 Å². The fourth-order valence-corrected chi connectivity index (χ4v) is 6.19. The molecule has 3 aromatic carbocycles. The maximum atomic E-state index is 13.3. The monoisotopic (exact) mass is 543 g/mol. The highest BCUT2D eigenvalue weighted by molar-refractivity contribution is 5.84. The summed E-state index contributed by atoms with van der Waals surface area (Å²) in [5.41, 5.74) is 4.93. The lowest BCUT2D eigenvalue weighted by Gasteiger charge is -2.32. The van der Waals surface area contributed by atoms with Gasteiger partial charge in [-0.15, -0.1) is 0 Å². The molecule has 0 radical (unpaired) electrons. The summed E-state index contributed by atoms with van der Waals surface area (Å²) in [7, 11) is 0. The maximum absolute atomic E-state index is 13.3. The van der Waals surface area contributed by atoms with Crippen molar-refractivity contribution in [3.8, 4) is 5.69 Å². The molecule has 2 aliphatic rings. The number of imidazole rings is 1. The molecule has 1 aliphatic carbocycles. The highest BCUT2D eigenvalue weighted by Gasteiger charge is 2.31. The molecule has 8 heteroatoms. The molecule has 0 atom stereocenters. The number of nitrogens with zero attached hydrogens (tertiary/aromatic N) is 5. The minimum atomic E-state index is -4.39. The Bertz CT molecular complexity index is 1690. The molecule has 0 bridgehead atoms. The summed E-state index contributed by atoms with van der Waals surface area (Å²) >= 11 is 0. The van der Waals surface area contributed by atoms with Gasteiger partial charge >= 0.3 is 6.18 Å². The van der Waals surface area contributed by atoms with Gasteiger partial charge < -0.3 is 4.57 Å². The van der Waals surface area contributed by atoms with Crippen molar-refractivity contribution in [2.24, 2.45) is 5.92 Å². The molecule has 1 aliphatic heterocycles. The standard InChI is InChI=1S/C32H32F3N5/c1-21-27-17-23(11-12-29(27)40(37-21)26-6-4-5-25(18-26)32(33,34)35)19-38-15-13-24(14-16-38)31-36-28-7-2-3-8-30(28)39(31)20-22-9-10-22/h2-8,11-12,17-18,22,24H,9-10,13-16,19-20H2,1H3. The Balaban J connectivity index is 1.07. The number of fused-ring (bicyclic) bond motifs is 2. The number of aromatic nitrogens is 4. The van der Waals surface area contributed by atoms with E-state index in [2.05, 4.69) is 51.0 Å². The molecule has 1 saturated heterocycles. The Morgan fingerprint density at radius 3 is 2.45 bits per heavy atom. The van der Waals surface area contributed by atoms with E-state index in [1.54, 1.807) is 10.7 Å². The van der Waals surface area contributed by atoms with E-state index >= 15 is 0 Å². The lowest BCUT2D eigenvalue weighted by molar-refractivity contribution is -0.137. The Morgan fingerprint density at radius 1 is 0.875 bits per heavy atom. The molecule has 206 valence electrons. The summed E-state index contributed by atoms with van der Waals surface area (Å²) in [5.74, 6) is 2.53. The summed E-state index contributed by atoms with van der Waals surface area (Å²) in [6, 6.07) is 20.1. The van der Waals surface area contributed by atoms with Crippen molar-refractivity contribution in [1.29, 1.82) is 0 Å². The molecular weight excluding hydrogens is 511 g/mol. The molecule has 1 saturated carbocycles. The first-order chi connectivity index (χ1) is 19.3. The van der Waals surface area contributed by atoms with E-state index in [-0.39, 0.29) is 0 Å². The SMILES string of the molecule is Cc1nn(-c2cccc(C(F)(F)F)c2)c2ccc(CN3CCC(c4nc5ccccc5n4CC4CC4)CC3)cc12. The number of alkyl halides is 3. The fraction of sp³-hybridized carbons (Fsp3) is 0.375. The number of piperidine rings is 1. The van der Waals surface area contributed by atoms with Crippen molar-refractivity contribution in [3.05, 3.63) is 89.4 Å². The van der Waals surface area contributed by atoms with Crippen molar-refractivity contribution in [2.45, 2.75) is 57.8 Å². The number of likely N-dealkylation sites (tertiary alicyclic amines) is 1. The van der Waals surface area contributed by atoms with E-state index in [1.165, 1.54) is 35.8 Å². The number of hydrogen-bond acceptors (Lipinski definition) is 3. The van der Waals surface area contributed by atoms with Crippen LogP contribution in [0.2, 0.25) is 0 Å². The van der Waals surface area contributed by atoms with Crippen LogP contribution >= 0.6 is 0 Å². The van der Waals surface area contributed by atoms with Crippen molar-refractivity contribution in [1.82, 2.24) is 24.2 Å². The summed E-state index contributed by atoms with van der Waals surface area (Å²) < 4.78 is 43.9. The van der Waals surface area contributed by atoms with E-state index in [4.69, 9.17) is 4.98 Å². The van der Waals surface area contributed by atoms with Crippen molar-refractivity contribution < 1.29 is 13.2 Å². The van der Waals surface area contributed by atoms with E-state index in [0.29, 0.717) is 11.6 Å². The van der Waals surface area contributed by atoms with Crippen LogP contribution in [0.4, 0.5) is 13.2 Å². The molecule has 40 heavy (non-hydrogen) atoms. The number of rotatable bonds is 6. The number of hydrogen-bond donors (Lipinski definition) is 0. The number of para-hydroxylation sites is 2. The Labute approximate surface area is 231 Å². The van der Waals surface area contributed by atoms with Crippen LogP contribution in [0.25, 0.3) is 27.6 Å². The average molecular weight is 544 g/mol. The van der Waals surface area contributed by atoms with E-state index in [9.17, 15) is 13.2 Å². The van der Waals surface area contributed by atoms with E-state index in [1.807, 2.05) is 13.0 Å². The van der Waals surface area contributed by atoms with Gasteiger partial charge in [0.15, 0.2) is 0 Å².